The number of nitrogens with zero attached hydrogens (tertiary/aromatic N) is 1. The molecule has 0 radical (unpaired) electrons. The van der Waals surface area contributed by atoms with E-state index in [0.29, 0.717) is 17.5 Å². The number of nitro groups is 1. The summed E-state index contributed by atoms with van der Waals surface area (Å²) in [6, 6.07) is 4.59. The van der Waals surface area contributed by atoms with Gasteiger partial charge in [0.05, 0.1) is 4.92 Å². The van der Waals surface area contributed by atoms with Crippen LogP contribution < -0.4 is 0 Å². The molecule has 0 aliphatic carbocycles. The van der Waals surface area contributed by atoms with Gasteiger partial charge in [0.2, 0.25) is 0 Å². The minimum Gasteiger partial charge on any atom is -0.462 e. The molecular formula is C20H29NO6. The van der Waals surface area contributed by atoms with Crippen LogP contribution in [0.15, 0.2) is 18.2 Å². The molecule has 150 valence electrons. The van der Waals surface area contributed by atoms with Crippen molar-refractivity contribution in [2.45, 2.75) is 72.5 Å². The van der Waals surface area contributed by atoms with Gasteiger partial charge >= 0.3 is 11.9 Å². The largest absolute Gasteiger partial charge is 0.462 e. The van der Waals surface area contributed by atoms with Gasteiger partial charge < -0.3 is 9.47 Å². The van der Waals surface area contributed by atoms with Crippen LogP contribution in [0.2, 0.25) is 0 Å². The van der Waals surface area contributed by atoms with E-state index in [1.807, 2.05) is 20.8 Å². The smallest absolute Gasteiger partial charge is 0.306 e. The van der Waals surface area contributed by atoms with Gasteiger partial charge in [-0.15, -0.1) is 0 Å². The van der Waals surface area contributed by atoms with Crippen LogP contribution in [0, 0.1) is 23.0 Å². The summed E-state index contributed by atoms with van der Waals surface area (Å²) in [5.41, 5.74) is 1.24. The van der Waals surface area contributed by atoms with E-state index >= 15 is 0 Å². The van der Waals surface area contributed by atoms with Crippen molar-refractivity contribution in [2.75, 3.05) is 0 Å². The first-order valence-corrected chi connectivity index (χ1v) is 9.33. The second kappa shape index (κ2) is 11.3. The highest BCUT2D eigenvalue weighted by Gasteiger charge is 2.17. The van der Waals surface area contributed by atoms with E-state index in [9.17, 15) is 19.7 Å². The number of hydrogen-bond donors (Lipinski definition) is 0. The summed E-state index contributed by atoms with van der Waals surface area (Å²) in [5.74, 6) is -0.433. The zero-order valence-corrected chi connectivity index (χ0v) is 16.5. The second-order valence-corrected chi connectivity index (χ2v) is 6.95. The number of carbonyl (C=O) groups excluding carboxylic acids is 2. The number of nitro benzene ring substituents is 1. The molecule has 7 nitrogen and oxygen atoms in total. The monoisotopic (exact) mass is 379 g/mol. The molecule has 0 aliphatic heterocycles. The number of rotatable bonds is 11. The van der Waals surface area contributed by atoms with E-state index in [1.165, 1.54) is 6.07 Å². The summed E-state index contributed by atoms with van der Waals surface area (Å²) in [6.07, 6.45) is 2.37. The molecule has 0 saturated carbocycles. The third-order valence-electron chi connectivity index (χ3n) is 4.22. The normalized spacial score (nSPS) is 11.9. The van der Waals surface area contributed by atoms with Crippen molar-refractivity contribution in [2.24, 2.45) is 5.92 Å². The van der Waals surface area contributed by atoms with Gasteiger partial charge in [-0.2, -0.15) is 0 Å². The Labute approximate surface area is 160 Å². The van der Waals surface area contributed by atoms with Gasteiger partial charge in [-0.1, -0.05) is 27.2 Å². The molecule has 0 aliphatic rings. The molecule has 0 fully saturated rings. The van der Waals surface area contributed by atoms with Crippen LogP contribution in [-0.2, 0) is 25.7 Å². The van der Waals surface area contributed by atoms with Gasteiger partial charge in [0.15, 0.2) is 0 Å². The summed E-state index contributed by atoms with van der Waals surface area (Å²) in [6.45, 7) is 7.77. The van der Waals surface area contributed by atoms with Crippen molar-refractivity contribution in [3.63, 3.8) is 0 Å². The van der Waals surface area contributed by atoms with Gasteiger partial charge in [-0.25, -0.2) is 0 Å². The van der Waals surface area contributed by atoms with Gasteiger partial charge in [0, 0.05) is 24.5 Å². The number of ether oxygens (including phenoxy) is 2. The molecule has 0 bridgehead atoms. The number of benzene rings is 1. The van der Waals surface area contributed by atoms with Crippen LogP contribution in [-0.4, -0.2) is 23.0 Å². The number of carbonyl (C=O) groups is 2. The van der Waals surface area contributed by atoms with Crippen LogP contribution in [0.25, 0.3) is 0 Å². The van der Waals surface area contributed by atoms with Crippen molar-refractivity contribution < 1.29 is 24.0 Å². The molecule has 1 aromatic carbocycles. The zero-order valence-electron chi connectivity index (χ0n) is 16.5. The minimum absolute atomic E-state index is 0.0337. The zero-order chi connectivity index (χ0) is 20.4. The molecule has 7 heteroatoms. The molecule has 0 spiro atoms. The Morgan fingerprint density at radius 1 is 1.19 bits per heavy atom. The number of aryl methyl sites for hydroxylation is 1. The number of hydrogen-bond acceptors (Lipinski definition) is 6. The average Bonchev–Trinajstić information content (AvgIpc) is 2.59. The molecule has 0 saturated heterocycles. The van der Waals surface area contributed by atoms with Crippen LogP contribution in [0.1, 0.15) is 64.0 Å². The lowest BCUT2D eigenvalue weighted by Crippen LogP contribution is -2.23. The Balaban J connectivity index is 2.34. The van der Waals surface area contributed by atoms with E-state index in [0.717, 1.165) is 12.8 Å². The van der Waals surface area contributed by atoms with Gasteiger partial charge in [-0.05, 0) is 43.4 Å². The van der Waals surface area contributed by atoms with Crippen LogP contribution >= 0.6 is 0 Å². The Kier molecular flexibility index (Phi) is 9.47. The molecule has 0 heterocycles. The predicted molar refractivity (Wildman–Crippen MR) is 101 cm³/mol. The highest BCUT2D eigenvalue weighted by molar-refractivity contribution is 5.72. The third-order valence-corrected chi connectivity index (χ3v) is 4.22. The molecule has 0 amide bonds. The lowest BCUT2D eigenvalue weighted by molar-refractivity contribution is -0.385. The standard InChI is InChI=1S/C20H29NO6/c1-5-7-18(14(2)3)27-20(23)9-6-8-19(22)26-13-16-10-11-17(21(24)25)15(4)12-16/h10-12,14,18H,5-9,13H2,1-4H3. The van der Waals surface area contributed by atoms with Gasteiger partial charge in [0.25, 0.3) is 5.69 Å². The second-order valence-electron chi connectivity index (χ2n) is 6.95. The minimum atomic E-state index is -0.450. The molecule has 1 rings (SSSR count). The van der Waals surface area contributed by atoms with Crippen molar-refractivity contribution in [1.29, 1.82) is 0 Å². The van der Waals surface area contributed by atoms with Crippen LogP contribution in [0.3, 0.4) is 0 Å². The van der Waals surface area contributed by atoms with E-state index < -0.39 is 10.9 Å². The molecular weight excluding hydrogens is 350 g/mol. The summed E-state index contributed by atoms with van der Waals surface area (Å²) in [4.78, 5) is 34.0. The maximum atomic E-state index is 11.9. The van der Waals surface area contributed by atoms with Crippen LogP contribution in [0.5, 0.6) is 0 Å². The van der Waals surface area contributed by atoms with E-state index in [-0.39, 0.29) is 43.1 Å². The quantitative estimate of drug-likeness (QED) is 0.319. The topological polar surface area (TPSA) is 95.7 Å². The maximum absolute atomic E-state index is 11.9. The molecule has 27 heavy (non-hydrogen) atoms. The predicted octanol–water partition coefficient (Wildman–Crippen LogP) is 4.48. The Bertz CT molecular complexity index is 656. The van der Waals surface area contributed by atoms with Crippen molar-refractivity contribution in [3.8, 4) is 0 Å². The van der Waals surface area contributed by atoms with Gasteiger partial charge in [-0.3, -0.25) is 19.7 Å². The van der Waals surface area contributed by atoms with Gasteiger partial charge in [0.1, 0.15) is 12.7 Å². The Morgan fingerprint density at radius 3 is 2.41 bits per heavy atom. The van der Waals surface area contributed by atoms with Crippen molar-refractivity contribution >= 4 is 17.6 Å². The van der Waals surface area contributed by atoms with Crippen molar-refractivity contribution in [3.05, 3.63) is 39.4 Å². The van der Waals surface area contributed by atoms with E-state index in [4.69, 9.17) is 9.47 Å². The molecule has 0 N–H and O–H groups in total. The van der Waals surface area contributed by atoms with Crippen molar-refractivity contribution in [1.82, 2.24) is 0 Å². The fraction of sp³-hybridized carbons (Fsp3) is 0.600. The summed E-state index contributed by atoms with van der Waals surface area (Å²) >= 11 is 0. The third kappa shape index (κ3) is 8.19. The average molecular weight is 379 g/mol. The van der Waals surface area contributed by atoms with E-state index in [1.54, 1.807) is 19.1 Å². The number of esters is 2. The highest BCUT2D eigenvalue weighted by atomic mass is 16.6. The lowest BCUT2D eigenvalue weighted by Gasteiger charge is -2.20. The Hall–Kier alpha value is -2.44. The fourth-order valence-electron chi connectivity index (χ4n) is 2.67. The first kappa shape index (κ1) is 22.6. The first-order chi connectivity index (χ1) is 12.7. The maximum Gasteiger partial charge on any atom is 0.306 e. The Morgan fingerprint density at radius 2 is 1.85 bits per heavy atom. The molecule has 1 atom stereocenters. The summed E-state index contributed by atoms with van der Waals surface area (Å²) < 4.78 is 10.6. The first-order valence-electron chi connectivity index (χ1n) is 9.33. The highest BCUT2D eigenvalue weighted by Crippen LogP contribution is 2.19. The SMILES string of the molecule is CCCC(OC(=O)CCCC(=O)OCc1ccc([N+](=O)[O-])c(C)c1)C(C)C. The summed E-state index contributed by atoms with van der Waals surface area (Å²) in [7, 11) is 0. The van der Waals surface area contributed by atoms with Crippen LogP contribution in [0.4, 0.5) is 5.69 Å². The van der Waals surface area contributed by atoms with E-state index in [2.05, 4.69) is 0 Å². The fourth-order valence-corrected chi connectivity index (χ4v) is 2.67. The molecule has 0 aromatic heterocycles. The summed E-state index contributed by atoms with van der Waals surface area (Å²) in [5, 5.41) is 10.8. The lowest BCUT2D eigenvalue weighted by atomic mass is 10.0. The molecule has 1 unspecified atom stereocenters. The molecule has 1 aromatic rings.